The lowest BCUT2D eigenvalue weighted by atomic mass is 10.1. The summed E-state index contributed by atoms with van der Waals surface area (Å²) in [6.45, 7) is 5.31. The van der Waals surface area contributed by atoms with E-state index in [-0.39, 0.29) is 5.78 Å². The number of amides is 1. The second kappa shape index (κ2) is 10.1. The number of rotatable bonds is 8. The van der Waals surface area contributed by atoms with Crippen LogP contribution in [0.2, 0.25) is 0 Å². The zero-order chi connectivity index (χ0) is 20.5. The summed E-state index contributed by atoms with van der Waals surface area (Å²) in [5, 5.41) is 2.63. The van der Waals surface area contributed by atoms with E-state index in [1.165, 1.54) is 19.9 Å². The molecule has 1 N–H and O–H groups in total. The van der Waals surface area contributed by atoms with E-state index in [0.29, 0.717) is 23.6 Å². The van der Waals surface area contributed by atoms with Crippen LogP contribution < -0.4 is 10.1 Å². The Morgan fingerprint density at radius 1 is 1.11 bits per heavy atom. The van der Waals surface area contributed by atoms with Crippen molar-refractivity contribution in [1.82, 2.24) is 0 Å². The van der Waals surface area contributed by atoms with Gasteiger partial charge >= 0.3 is 5.97 Å². The number of ether oxygens (including phenoxy) is 2. The lowest BCUT2D eigenvalue weighted by Gasteiger charge is -2.13. The SMILES string of the molecule is CCOc1ccccc1/C=C/C(=O)O[C@H](C)C(=O)Nc1cccc(C(C)=O)c1. The van der Waals surface area contributed by atoms with Crippen molar-refractivity contribution < 1.29 is 23.9 Å². The number of para-hydroxylation sites is 1. The number of nitrogens with one attached hydrogen (secondary N) is 1. The summed E-state index contributed by atoms with van der Waals surface area (Å²) in [6.07, 6.45) is 1.83. The first-order valence-electron chi connectivity index (χ1n) is 8.93. The van der Waals surface area contributed by atoms with Crippen molar-refractivity contribution in [2.24, 2.45) is 0 Å². The molecule has 0 fully saturated rings. The standard InChI is InChI=1S/C22H23NO5/c1-4-27-20-11-6-5-8-17(20)12-13-21(25)28-16(3)22(26)23-19-10-7-9-18(14-19)15(2)24/h5-14,16H,4H2,1-3H3,(H,23,26)/b13-12+/t16-/m1/s1. The molecule has 0 radical (unpaired) electrons. The number of benzene rings is 2. The highest BCUT2D eigenvalue weighted by atomic mass is 16.5. The summed E-state index contributed by atoms with van der Waals surface area (Å²) in [7, 11) is 0. The molecule has 146 valence electrons. The van der Waals surface area contributed by atoms with E-state index in [2.05, 4.69) is 5.32 Å². The third-order valence-corrected chi connectivity index (χ3v) is 3.82. The van der Waals surface area contributed by atoms with Gasteiger partial charge in [0.25, 0.3) is 5.91 Å². The van der Waals surface area contributed by atoms with Gasteiger partial charge in [-0.25, -0.2) is 4.79 Å². The molecular weight excluding hydrogens is 358 g/mol. The molecule has 28 heavy (non-hydrogen) atoms. The smallest absolute Gasteiger partial charge is 0.331 e. The predicted molar refractivity (Wildman–Crippen MR) is 107 cm³/mol. The fraction of sp³-hybridized carbons (Fsp3) is 0.227. The largest absolute Gasteiger partial charge is 0.493 e. The minimum atomic E-state index is -1.000. The van der Waals surface area contributed by atoms with E-state index in [1.807, 2.05) is 25.1 Å². The van der Waals surface area contributed by atoms with Crippen molar-refractivity contribution in [2.45, 2.75) is 26.9 Å². The maximum absolute atomic E-state index is 12.2. The fourth-order valence-corrected chi connectivity index (χ4v) is 2.39. The van der Waals surface area contributed by atoms with Gasteiger partial charge in [-0.05, 0) is 45.0 Å². The number of carbonyl (C=O) groups is 3. The van der Waals surface area contributed by atoms with Crippen molar-refractivity contribution in [3.8, 4) is 5.75 Å². The summed E-state index contributed by atoms with van der Waals surface area (Å²) < 4.78 is 10.6. The highest BCUT2D eigenvalue weighted by molar-refractivity contribution is 5.99. The van der Waals surface area contributed by atoms with Crippen LogP contribution >= 0.6 is 0 Å². The molecule has 0 aromatic heterocycles. The zero-order valence-electron chi connectivity index (χ0n) is 16.1. The van der Waals surface area contributed by atoms with Crippen LogP contribution in [0.3, 0.4) is 0 Å². The van der Waals surface area contributed by atoms with E-state index < -0.39 is 18.0 Å². The molecule has 2 rings (SSSR count). The van der Waals surface area contributed by atoms with Crippen LogP contribution in [0.1, 0.15) is 36.7 Å². The molecule has 1 amide bonds. The van der Waals surface area contributed by atoms with Gasteiger partial charge in [0.1, 0.15) is 5.75 Å². The van der Waals surface area contributed by atoms with Gasteiger partial charge in [-0.15, -0.1) is 0 Å². The molecule has 0 aliphatic rings. The first-order valence-corrected chi connectivity index (χ1v) is 8.93. The normalized spacial score (nSPS) is 11.7. The van der Waals surface area contributed by atoms with E-state index in [1.54, 1.807) is 36.4 Å². The molecule has 0 aliphatic carbocycles. The summed E-state index contributed by atoms with van der Waals surface area (Å²) in [5.74, 6) is -0.582. The van der Waals surface area contributed by atoms with Gasteiger partial charge < -0.3 is 14.8 Å². The first kappa shape index (κ1) is 20.9. The number of carbonyl (C=O) groups excluding carboxylic acids is 3. The van der Waals surface area contributed by atoms with Gasteiger partial charge in [0.15, 0.2) is 11.9 Å². The lowest BCUT2D eigenvalue weighted by Crippen LogP contribution is -2.29. The molecule has 2 aromatic carbocycles. The summed E-state index contributed by atoms with van der Waals surface area (Å²) in [5.41, 5.74) is 1.68. The Bertz CT molecular complexity index is 888. The second-order valence-electron chi connectivity index (χ2n) is 6.01. The average molecular weight is 381 g/mol. The molecule has 0 spiro atoms. The molecule has 0 bridgehead atoms. The van der Waals surface area contributed by atoms with Crippen molar-refractivity contribution >= 4 is 29.4 Å². The number of hydrogen-bond acceptors (Lipinski definition) is 5. The predicted octanol–water partition coefficient (Wildman–Crippen LogP) is 3.87. The summed E-state index contributed by atoms with van der Waals surface area (Å²) >= 11 is 0. The molecule has 0 aliphatic heterocycles. The van der Waals surface area contributed by atoms with Crippen molar-refractivity contribution in [3.63, 3.8) is 0 Å². The van der Waals surface area contributed by atoms with E-state index >= 15 is 0 Å². The molecule has 6 heteroatoms. The van der Waals surface area contributed by atoms with Crippen LogP contribution in [-0.2, 0) is 14.3 Å². The Hall–Kier alpha value is -3.41. The second-order valence-corrected chi connectivity index (χ2v) is 6.01. The number of ketones is 1. The molecular formula is C22H23NO5. The maximum atomic E-state index is 12.2. The molecule has 0 unspecified atom stereocenters. The van der Waals surface area contributed by atoms with Gasteiger partial charge in [-0.1, -0.05) is 30.3 Å². The minimum absolute atomic E-state index is 0.104. The molecule has 0 saturated heterocycles. The van der Waals surface area contributed by atoms with Gasteiger partial charge in [0.05, 0.1) is 6.61 Å². The Labute approximate surface area is 164 Å². The highest BCUT2D eigenvalue weighted by Crippen LogP contribution is 2.19. The summed E-state index contributed by atoms with van der Waals surface area (Å²) in [4.78, 5) is 35.7. The Kier molecular flexibility index (Phi) is 7.51. The van der Waals surface area contributed by atoms with E-state index in [0.717, 1.165) is 5.56 Å². The summed E-state index contributed by atoms with van der Waals surface area (Å²) in [6, 6.07) is 13.8. The topological polar surface area (TPSA) is 81.7 Å². The number of esters is 1. The number of hydrogen-bond donors (Lipinski definition) is 1. The van der Waals surface area contributed by atoms with Crippen LogP contribution in [0.25, 0.3) is 6.08 Å². The lowest BCUT2D eigenvalue weighted by molar-refractivity contribution is -0.148. The fourth-order valence-electron chi connectivity index (χ4n) is 2.39. The Morgan fingerprint density at radius 3 is 2.57 bits per heavy atom. The van der Waals surface area contributed by atoms with Gasteiger partial charge in [-0.3, -0.25) is 9.59 Å². The van der Waals surface area contributed by atoms with Crippen LogP contribution in [-0.4, -0.2) is 30.4 Å². The number of anilines is 1. The van der Waals surface area contributed by atoms with Gasteiger partial charge in [-0.2, -0.15) is 0 Å². The molecule has 0 heterocycles. The Morgan fingerprint density at radius 2 is 1.86 bits per heavy atom. The molecule has 6 nitrogen and oxygen atoms in total. The Balaban J connectivity index is 1.95. The molecule has 0 saturated carbocycles. The van der Waals surface area contributed by atoms with Crippen LogP contribution in [0.4, 0.5) is 5.69 Å². The van der Waals surface area contributed by atoms with Crippen LogP contribution in [0, 0.1) is 0 Å². The van der Waals surface area contributed by atoms with E-state index in [9.17, 15) is 14.4 Å². The third-order valence-electron chi connectivity index (χ3n) is 3.82. The van der Waals surface area contributed by atoms with Crippen LogP contribution in [0.15, 0.2) is 54.6 Å². The molecule has 1 atom stereocenters. The van der Waals surface area contributed by atoms with Crippen molar-refractivity contribution in [2.75, 3.05) is 11.9 Å². The molecule has 2 aromatic rings. The number of Topliss-reactive ketones (excluding diaryl/α,β-unsaturated/α-hetero) is 1. The van der Waals surface area contributed by atoms with Crippen molar-refractivity contribution in [1.29, 1.82) is 0 Å². The van der Waals surface area contributed by atoms with E-state index in [4.69, 9.17) is 9.47 Å². The zero-order valence-corrected chi connectivity index (χ0v) is 16.1. The first-order chi connectivity index (χ1) is 13.4. The highest BCUT2D eigenvalue weighted by Gasteiger charge is 2.17. The van der Waals surface area contributed by atoms with Gasteiger partial charge in [0, 0.05) is 22.9 Å². The third kappa shape index (κ3) is 6.09. The van der Waals surface area contributed by atoms with Crippen LogP contribution in [0.5, 0.6) is 5.75 Å². The monoisotopic (exact) mass is 381 g/mol. The minimum Gasteiger partial charge on any atom is -0.493 e. The average Bonchev–Trinajstić information content (AvgIpc) is 2.67. The van der Waals surface area contributed by atoms with Crippen molar-refractivity contribution in [3.05, 3.63) is 65.7 Å². The maximum Gasteiger partial charge on any atom is 0.331 e. The quantitative estimate of drug-likeness (QED) is 0.426. The van der Waals surface area contributed by atoms with Gasteiger partial charge in [0.2, 0.25) is 0 Å².